The molecule has 4 atom stereocenters. The lowest BCUT2D eigenvalue weighted by Gasteiger charge is -2.65. The first kappa shape index (κ1) is 23.0. The summed E-state index contributed by atoms with van der Waals surface area (Å²) in [7, 11) is 0. The van der Waals surface area contributed by atoms with Crippen LogP contribution in [0.2, 0.25) is 0 Å². The van der Waals surface area contributed by atoms with Crippen LogP contribution >= 0.6 is 0 Å². The van der Waals surface area contributed by atoms with Gasteiger partial charge in [0, 0.05) is 18.0 Å². The maximum atomic E-state index is 13.9. The number of likely N-dealkylation sites (tertiary alicyclic amines) is 1. The summed E-state index contributed by atoms with van der Waals surface area (Å²) in [5.74, 6) is 0.734. The van der Waals surface area contributed by atoms with Crippen LogP contribution in [0.1, 0.15) is 55.2 Å². The van der Waals surface area contributed by atoms with Crippen molar-refractivity contribution in [1.29, 1.82) is 0 Å². The number of phenols is 2. The van der Waals surface area contributed by atoms with Crippen molar-refractivity contribution in [2.75, 3.05) is 13.1 Å². The summed E-state index contributed by atoms with van der Waals surface area (Å²) in [5, 5.41) is 35.6. The van der Waals surface area contributed by atoms with E-state index in [0.29, 0.717) is 31.6 Å². The molecular weight excluding hydrogens is 470 g/mol. The molecule has 1 unspecified atom stereocenters. The third kappa shape index (κ3) is 3.28. The van der Waals surface area contributed by atoms with E-state index in [9.17, 15) is 24.9 Å². The number of imide groups is 1. The number of nitrogens with one attached hydrogen (secondary N) is 1. The number of amides is 3. The van der Waals surface area contributed by atoms with Gasteiger partial charge in [0.05, 0.1) is 12.1 Å². The van der Waals surface area contributed by atoms with Gasteiger partial charge in [-0.2, -0.15) is 0 Å². The molecule has 2 saturated heterocycles. The quantitative estimate of drug-likeness (QED) is 0.478. The fourth-order valence-electron chi connectivity index (χ4n) is 7.88. The van der Waals surface area contributed by atoms with Crippen LogP contribution in [0.25, 0.3) is 0 Å². The number of benzene rings is 2. The smallest absolute Gasteiger partial charge is 0.325 e. The summed E-state index contributed by atoms with van der Waals surface area (Å²) < 4.78 is 0. The number of rotatable bonds is 4. The summed E-state index contributed by atoms with van der Waals surface area (Å²) >= 11 is 0. The largest absolute Gasteiger partial charge is 0.508 e. The van der Waals surface area contributed by atoms with E-state index in [1.54, 1.807) is 36.4 Å². The minimum Gasteiger partial charge on any atom is -0.508 e. The Morgan fingerprint density at radius 2 is 1.73 bits per heavy atom. The zero-order chi connectivity index (χ0) is 25.6. The first-order chi connectivity index (χ1) is 17.7. The predicted octanol–water partition coefficient (Wildman–Crippen LogP) is 2.78. The van der Waals surface area contributed by atoms with Crippen LogP contribution in [0.4, 0.5) is 4.79 Å². The lowest BCUT2D eigenvalue weighted by Crippen LogP contribution is -2.76. The van der Waals surface area contributed by atoms with E-state index in [1.165, 1.54) is 17.7 Å². The highest BCUT2D eigenvalue weighted by Crippen LogP contribution is 2.61. The normalized spacial score (nSPS) is 34.8. The number of fused-ring (bicyclic) bond motifs is 1. The van der Waals surface area contributed by atoms with Gasteiger partial charge in [-0.15, -0.1) is 0 Å². The van der Waals surface area contributed by atoms with Crippen molar-refractivity contribution in [2.45, 2.75) is 74.1 Å². The van der Waals surface area contributed by atoms with Crippen molar-refractivity contribution in [3.8, 4) is 11.5 Å². The van der Waals surface area contributed by atoms with E-state index < -0.39 is 22.6 Å². The van der Waals surface area contributed by atoms with Crippen molar-refractivity contribution in [3.63, 3.8) is 0 Å². The lowest BCUT2D eigenvalue weighted by molar-refractivity contribution is -0.181. The van der Waals surface area contributed by atoms with Gasteiger partial charge in [0.25, 0.3) is 5.91 Å². The number of phenolic OH excluding ortho intramolecular Hbond substituents is 2. The van der Waals surface area contributed by atoms with Crippen LogP contribution < -0.4 is 5.32 Å². The molecule has 8 heteroatoms. The molecule has 4 N–H and O–H groups in total. The molecule has 2 bridgehead atoms. The van der Waals surface area contributed by atoms with E-state index >= 15 is 0 Å². The van der Waals surface area contributed by atoms with Crippen molar-refractivity contribution in [3.05, 3.63) is 59.2 Å². The van der Waals surface area contributed by atoms with Gasteiger partial charge in [-0.3, -0.25) is 14.6 Å². The molecule has 2 aliphatic heterocycles. The van der Waals surface area contributed by atoms with E-state index in [2.05, 4.69) is 10.2 Å². The summed E-state index contributed by atoms with van der Waals surface area (Å²) in [4.78, 5) is 30.8. The second-order valence-electron chi connectivity index (χ2n) is 12.0. The molecule has 2 aromatic carbocycles. The SMILES string of the molecule is O=C1N[C@]2(CC[C@@]3(O)C4Cc5ccc(O)cc5[C@@]3(CCN4CC3CC3)C2)C(=O)N1Cc1ccc(O)cc1. The Kier molecular flexibility index (Phi) is 4.80. The van der Waals surface area contributed by atoms with Crippen LogP contribution in [0.3, 0.4) is 0 Å². The van der Waals surface area contributed by atoms with Gasteiger partial charge in [0.1, 0.15) is 17.0 Å². The summed E-state index contributed by atoms with van der Waals surface area (Å²) in [5.41, 5.74) is -0.0754. The molecule has 7 rings (SSSR count). The number of piperidine rings is 1. The average molecular weight is 504 g/mol. The Labute approximate surface area is 215 Å². The first-order valence-electron chi connectivity index (χ1n) is 13.4. The Morgan fingerprint density at radius 1 is 0.973 bits per heavy atom. The van der Waals surface area contributed by atoms with Crippen LogP contribution in [0.15, 0.2) is 42.5 Å². The van der Waals surface area contributed by atoms with Gasteiger partial charge in [0.15, 0.2) is 0 Å². The monoisotopic (exact) mass is 503 g/mol. The number of aromatic hydroxyl groups is 2. The Balaban J connectivity index is 1.27. The molecule has 0 radical (unpaired) electrons. The predicted molar refractivity (Wildman–Crippen MR) is 135 cm³/mol. The van der Waals surface area contributed by atoms with Crippen molar-refractivity contribution in [1.82, 2.24) is 15.1 Å². The summed E-state index contributed by atoms with van der Waals surface area (Å²) in [6, 6.07) is 11.5. The summed E-state index contributed by atoms with van der Waals surface area (Å²) in [6.45, 7) is 1.95. The molecule has 2 heterocycles. The molecule has 0 aromatic heterocycles. The lowest BCUT2D eigenvalue weighted by atomic mass is 9.46. The highest BCUT2D eigenvalue weighted by molar-refractivity contribution is 6.07. The van der Waals surface area contributed by atoms with Gasteiger partial charge >= 0.3 is 6.03 Å². The molecule has 37 heavy (non-hydrogen) atoms. The van der Waals surface area contributed by atoms with Crippen LogP contribution in [0.5, 0.6) is 11.5 Å². The topological polar surface area (TPSA) is 113 Å². The molecule has 3 aliphatic carbocycles. The maximum absolute atomic E-state index is 13.9. The minimum atomic E-state index is -1.09. The van der Waals surface area contributed by atoms with Crippen LogP contribution in [-0.2, 0) is 23.2 Å². The number of urea groups is 1. The highest BCUT2D eigenvalue weighted by Gasteiger charge is 2.70. The standard InChI is InChI=1S/C29H33N3O5/c33-21-6-3-19(4-7-21)16-32-25(35)28(30-26(32)36)9-10-29(37)24-13-20-5-8-22(34)14-23(20)27(29,17-28)11-12-31(24)15-18-1-2-18/h3-8,14,18,24,33-34,37H,1-2,9-13,15-17H2,(H,30,36)/t24?,27-,28+,29-/m1/s1. The van der Waals surface area contributed by atoms with Gasteiger partial charge in [0.2, 0.25) is 0 Å². The molecule has 3 amide bonds. The van der Waals surface area contributed by atoms with Crippen molar-refractivity contribution in [2.24, 2.45) is 5.92 Å². The second kappa shape index (κ2) is 7.71. The fourth-order valence-corrected chi connectivity index (χ4v) is 7.88. The highest BCUT2D eigenvalue weighted by atomic mass is 16.3. The van der Waals surface area contributed by atoms with Crippen LogP contribution in [-0.4, -0.2) is 67.3 Å². The molecule has 194 valence electrons. The van der Waals surface area contributed by atoms with Gasteiger partial charge < -0.3 is 20.6 Å². The fraction of sp³-hybridized carbons (Fsp3) is 0.517. The third-order valence-corrected chi connectivity index (χ3v) is 9.92. The zero-order valence-electron chi connectivity index (χ0n) is 20.8. The molecule has 5 aliphatic rings. The van der Waals surface area contributed by atoms with E-state index in [4.69, 9.17) is 0 Å². The molecule has 4 fully saturated rings. The first-order valence-corrected chi connectivity index (χ1v) is 13.4. The second-order valence-corrected chi connectivity index (χ2v) is 12.0. The molecule has 1 spiro atoms. The third-order valence-electron chi connectivity index (χ3n) is 9.92. The minimum absolute atomic E-state index is 0.0449. The van der Waals surface area contributed by atoms with Crippen molar-refractivity contribution < 1.29 is 24.9 Å². The molecule has 2 aromatic rings. The number of carbonyl (C=O) groups is 2. The Bertz CT molecular complexity index is 1290. The zero-order valence-corrected chi connectivity index (χ0v) is 20.8. The number of aliphatic hydroxyl groups is 1. The Hall–Kier alpha value is -3.10. The average Bonchev–Trinajstić information content (AvgIpc) is 3.66. The maximum Gasteiger partial charge on any atom is 0.325 e. The van der Waals surface area contributed by atoms with Gasteiger partial charge in [-0.1, -0.05) is 18.2 Å². The van der Waals surface area contributed by atoms with Gasteiger partial charge in [-0.25, -0.2) is 4.79 Å². The number of carbonyl (C=O) groups excluding carboxylic acids is 2. The number of hydrogen-bond acceptors (Lipinski definition) is 6. The van der Waals surface area contributed by atoms with E-state index in [0.717, 1.165) is 36.2 Å². The number of nitrogens with zero attached hydrogens (tertiary/aromatic N) is 2. The summed E-state index contributed by atoms with van der Waals surface area (Å²) in [6.07, 6.45) is 5.00. The Morgan fingerprint density at radius 3 is 2.49 bits per heavy atom. The number of hydrogen-bond donors (Lipinski definition) is 4. The molecule has 2 saturated carbocycles. The molecular formula is C29H33N3O5. The van der Waals surface area contributed by atoms with Crippen molar-refractivity contribution >= 4 is 11.9 Å². The van der Waals surface area contributed by atoms with E-state index in [-0.39, 0.29) is 30.0 Å². The molecule has 8 nitrogen and oxygen atoms in total. The van der Waals surface area contributed by atoms with Gasteiger partial charge in [-0.05, 0) is 98.4 Å². The van der Waals surface area contributed by atoms with Crippen LogP contribution in [0, 0.1) is 5.92 Å². The van der Waals surface area contributed by atoms with E-state index in [1.807, 2.05) is 6.07 Å².